The molecule has 1 N–H and O–H groups in total. The lowest BCUT2D eigenvalue weighted by Crippen LogP contribution is -2.48. The summed E-state index contributed by atoms with van der Waals surface area (Å²) in [6.45, 7) is 8.11. The van der Waals surface area contributed by atoms with Crippen molar-refractivity contribution in [2.75, 3.05) is 26.2 Å². The van der Waals surface area contributed by atoms with Crippen LogP contribution < -0.4 is 5.32 Å². The van der Waals surface area contributed by atoms with E-state index in [1.54, 1.807) is 22.6 Å². The highest BCUT2D eigenvalue weighted by Gasteiger charge is 2.28. The molecule has 40 heavy (non-hydrogen) atoms. The molecule has 4 aromatic rings. The molecule has 1 aliphatic heterocycles. The molecule has 8 nitrogen and oxygen atoms in total. The monoisotopic (exact) mass is 557 g/mol. The summed E-state index contributed by atoms with van der Waals surface area (Å²) in [6, 6.07) is 22.9. The van der Waals surface area contributed by atoms with E-state index >= 15 is 0 Å². The molecule has 1 saturated heterocycles. The SMILES string of the molecule is Cc1ccc(S(=O)(=O)N2CCN(Cc3ccc(C(=O)NCc4ccc(Cn5ccnc5C)cc4)cc3)CC2)cc1. The third kappa shape index (κ3) is 6.67. The zero-order valence-corrected chi connectivity index (χ0v) is 23.8. The zero-order chi connectivity index (χ0) is 28.1. The van der Waals surface area contributed by atoms with Crippen molar-refractivity contribution in [2.24, 2.45) is 0 Å². The summed E-state index contributed by atoms with van der Waals surface area (Å²) < 4.78 is 29.6. The van der Waals surface area contributed by atoms with E-state index in [1.807, 2.05) is 68.6 Å². The molecule has 0 unspecified atom stereocenters. The van der Waals surface area contributed by atoms with Gasteiger partial charge in [-0.1, -0.05) is 54.1 Å². The summed E-state index contributed by atoms with van der Waals surface area (Å²) in [5.74, 6) is 0.869. The Balaban J connectivity index is 1.08. The third-order valence-corrected chi connectivity index (χ3v) is 9.28. The molecule has 1 fully saturated rings. The molecule has 0 bridgehead atoms. The van der Waals surface area contributed by atoms with Gasteiger partial charge in [-0.2, -0.15) is 4.31 Å². The van der Waals surface area contributed by atoms with Crippen molar-refractivity contribution in [3.8, 4) is 0 Å². The van der Waals surface area contributed by atoms with Gasteiger partial charge in [0.15, 0.2) is 0 Å². The fourth-order valence-electron chi connectivity index (χ4n) is 4.82. The van der Waals surface area contributed by atoms with E-state index in [9.17, 15) is 13.2 Å². The van der Waals surface area contributed by atoms with Crippen LogP contribution in [-0.4, -0.2) is 59.3 Å². The molecule has 0 spiro atoms. The fraction of sp³-hybridized carbons (Fsp3) is 0.290. The standard InChI is InChI=1S/C31H35N5O3S/c1-24-3-13-30(14-4-24)40(38,39)36-19-17-34(18-20-36)22-27-9-11-29(12-10-27)31(37)33-21-26-5-7-28(8-6-26)23-35-16-15-32-25(35)2/h3-16H,17-23H2,1-2H3,(H,33,37). The highest BCUT2D eigenvalue weighted by Crippen LogP contribution is 2.19. The van der Waals surface area contributed by atoms with Crippen LogP contribution in [0.15, 0.2) is 90.1 Å². The number of imidazole rings is 1. The van der Waals surface area contributed by atoms with Gasteiger partial charge in [-0.05, 0) is 54.8 Å². The minimum absolute atomic E-state index is 0.111. The van der Waals surface area contributed by atoms with Crippen molar-refractivity contribution >= 4 is 15.9 Å². The summed E-state index contributed by atoms with van der Waals surface area (Å²) in [5, 5.41) is 3.00. The number of nitrogens with zero attached hydrogens (tertiary/aromatic N) is 4. The van der Waals surface area contributed by atoms with Crippen LogP contribution >= 0.6 is 0 Å². The second-order valence-corrected chi connectivity index (χ2v) is 12.2. The number of carbonyl (C=O) groups excluding carboxylic acids is 1. The number of aromatic nitrogens is 2. The fourth-order valence-corrected chi connectivity index (χ4v) is 6.24. The van der Waals surface area contributed by atoms with E-state index in [-0.39, 0.29) is 5.91 Å². The summed E-state index contributed by atoms with van der Waals surface area (Å²) in [6.07, 6.45) is 3.77. The zero-order valence-electron chi connectivity index (χ0n) is 23.0. The molecule has 3 aromatic carbocycles. The molecule has 9 heteroatoms. The number of amides is 1. The third-order valence-electron chi connectivity index (χ3n) is 7.36. The van der Waals surface area contributed by atoms with Crippen molar-refractivity contribution in [3.05, 3.63) is 119 Å². The van der Waals surface area contributed by atoms with Crippen LogP contribution in [0.3, 0.4) is 0 Å². The maximum Gasteiger partial charge on any atom is 0.251 e. The van der Waals surface area contributed by atoms with Crippen molar-refractivity contribution in [3.63, 3.8) is 0 Å². The Kier molecular flexibility index (Phi) is 8.44. The first-order valence-electron chi connectivity index (χ1n) is 13.5. The van der Waals surface area contributed by atoms with E-state index in [0.717, 1.165) is 29.1 Å². The van der Waals surface area contributed by atoms with Gasteiger partial charge in [-0.3, -0.25) is 9.69 Å². The minimum atomic E-state index is -3.47. The predicted molar refractivity (Wildman–Crippen MR) is 155 cm³/mol. The quantitative estimate of drug-likeness (QED) is 0.336. The Hall–Kier alpha value is -3.79. The van der Waals surface area contributed by atoms with Crippen LogP contribution in [0.2, 0.25) is 0 Å². The van der Waals surface area contributed by atoms with E-state index in [0.29, 0.717) is 49.7 Å². The number of piperazine rings is 1. The number of aryl methyl sites for hydroxylation is 2. The highest BCUT2D eigenvalue weighted by molar-refractivity contribution is 7.89. The van der Waals surface area contributed by atoms with Crippen LogP contribution in [-0.2, 0) is 29.7 Å². The van der Waals surface area contributed by atoms with E-state index in [4.69, 9.17) is 0 Å². The lowest BCUT2D eigenvalue weighted by Gasteiger charge is -2.34. The van der Waals surface area contributed by atoms with E-state index in [2.05, 4.69) is 31.9 Å². The second kappa shape index (κ2) is 12.2. The maximum atomic E-state index is 13.0. The van der Waals surface area contributed by atoms with Crippen molar-refractivity contribution in [1.82, 2.24) is 24.1 Å². The van der Waals surface area contributed by atoms with Crippen molar-refractivity contribution in [1.29, 1.82) is 0 Å². The lowest BCUT2D eigenvalue weighted by atomic mass is 10.1. The molecule has 1 amide bonds. The number of nitrogens with one attached hydrogen (secondary N) is 1. The highest BCUT2D eigenvalue weighted by atomic mass is 32.2. The molecular weight excluding hydrogens is 522 g/mol. The van der Waals surface area contributed by atoms with Gasteiger partial charge < -0.3 is 9.88 Å². The molecule has 0 aliphatic carbocycles. The summed E-state index contributed by atoms with van der Waals surface area (Å²) >= 11 is 0. The van der Waals surface area contributed by atoms with Crippen molar-refractivity contribution in [2.45, 2.75) is 38.4 Å². The van der Waals surface area contributed by atoms with Gasteiger partial charge in [0.1, 0.15) is 5.82 Å². The topological polar surface area (TPSA) is 87.5 Å². The minimum Gasteiger partial charge on any atom is -0.348 e. The molecule has 0 atom stereocenters. The number of rotatable bonds is 9. The predicted octanol–water partition coefficient (Wildman–Crippen LogP) is 3.98. The molecule has 1 aliphatic rings. The summed E-state index contributed by atoms with van der Waals surface area (Å²) in [4.78, 5) is 19.6. The van der Waals surface area contributed by atoms with Crippen LogP contribution in [0.4, 0.5) is 0 Å². The normalized spacial score (nSPS) is 14.8. The largest absolute Gasteiger partial charge is 0.348 e. The molecule has 0 saturated carbocycles. The van der Waals surface area contributed by atoms with Gasteiger partial charge in [0.25, 0.3) is 5.91 Å². The van der Waals surface area contributed by atoms with Crippen LogP contribution in [0.25, 0.3) is 0 Å². The number of hydrogen-bond donors (Lipinski definition) is 1. The first-order chi connectivity index (χ1) is 19.3. The number of sulfonamides is 1. The van der Waals surface area contributed by atoms with E-state index in [1.165, 1.54) is 5.56 Å². The maximum absolute atomic E-state index is 13.0. The Labute approximate surface area is 236 Å². The molecule has 0 radical (unpaired) electrons. The number of benzene rings is 3. The smallest absolute Gasteiger partial charge is 0.251 e. The van der Waals surface area contributed by atoms with Gasteiger partial charge in [-0.15, -0.1) is 0 Å². The Morgan fingerprint density at radius 1 is 0.800 bits per heavy atom. The Bertz CT molecular complexity index is 1540. The van der Waals surface area contributed by atoms with Gasteiger partial charge in [-0.25, -0.2) is 13.4 Å². The average molecular weight is 558 g/mol. The van der Waals surface area contributed by atoms with Gasteiger partial charge >= 0.3 is 0 Å². The molecular formula is C31H35N5O3S. The van der Waals surface area contributed by atoms with Crippen LogP contribution in [0.5, 0.6) is 0 Å². The van der Waals surface area contributed by atoms with Gasteiger partial charge in [0.2, 0.25) is 10.0 Å². The first kappa shape index (κ1) is 27.8. The van der Waals surface area contributed by atoms with Crippen molar-refractivity contribution < 1.29 is 13.2 Å². The number of hydrogen-bond acceptors (Lipinski definition) is 5. The molecule has 2 heterocycles. The second-order valence-electron chi connectivity index (χ2n) is 10.3. The van der Waals surface area contributed by atoms with Crippen LogP contribution in [0.1, 0.15) is 38.4 Å². The number of carbonyl (C=O) groups is 1. The summed E-state index contributed by atoms with van der Waals surface area (Å²) in [7, 11) is -3.47. The van der Waals surface area contributed by atoms with Gasteiger partial charge in [0, 0.05) is 63.8 Å². The van der Waals surface area contributed by atoms with Crippen LogP contribution in [0, 0.1) is 13.8 Å². The van der Waals surface area contributed by atoms with E-state index < -0.39 is 10.0 Å². The molecule has 5 rings (SSSR count). The average Bonchev–Trinajstić information content (AvgIpc) is 3.37. The van der Waals surface area contributed by atoms with Gasteiger partial charge in [0.05, 0.1) is 4.90 Å². The molecule has 208 valence electrons. The molecule has 1 aromatic heterocycles. The first-order valence-corrected chi connectivity index (χ1v) is 14.9. The lowest BCUT2D eigenvalue weighted by molar-refractivity contribution is 0.0951. The summed E-state index contributed by atoms with van der Waals surface area (Å²) in [5.41, 5.74) is 4.97. The Morgan fingerprint density at radius 2 is 1.40 bits per heavy atom. The Morgan fingerprint density at radius 3 is 2.02 bits per heavy atom.